The van der Waals surface area contributed by atoms with Gasteiger partial charge in [0.25, 0.3) is 0 Å². The fraction of sp³-hybridized carbons (Fsp3) is 0.625. The summed E-state index contributed by atoms with van der Waals surface area (Å²) in [5, 5.41) is 0. The smallest absolute Gasteiger partial charge is 0.310 e. The Hall–Kier alpha value is -1.58. The van der Waals surface area contributed by atoms with Gasteiger partial charge in [-0.1, -0.05) is 12.2 Å². The molecule has 0 N–H and O–H groups in total. The molecule has 20 heavy (non-hydrogen) atoms. The second kappa shape index (κ2) is 7.88. The van der Waals surface area contributed by atoms with E-state index < -0.39 is 11.2 Å². The van der Waals surface area contributed by atoms with E-state index in [0.29, 0.717) is 12.8 Å². The van der Waals surface area contributed by atoms with Gasteiger partial charge in [-0.15, -0.1) is 13.2 Å². The third-order valence-electron chi connectivity index (χ3n) is 2.73. The van der Waals surface area contributed by atoms with Crippen LogP contribution in [0.4, 0.5) is 0 Å². The number of carbonyl (C=O) groups is 2. The number of hydrogen-bond acceptors (Lipinski definition) is 4. The number of carbonyl (C=O) groups excluding carboxylic acids is 2. The van der Waals surface area contributed by atoms with E-state index in [1.807, 2.05) is 27.7 Å². The molecule has 0 aromatic heterocycles. The molecule has 0 atom stereocenters. The largest absolute Gasteiger partial charge is 0.459 e. The minimum absolute atomic E-state index is 0.196. The van der Waals surface area contributed by atoms with Gasteiger partial charge in [-0.05, 0) is 40.5 Å². The molecule has 0 saturated heterocycles. The highest BCUT2D eigenvalue weighted by atomic mass is 16.6. The molecule has 0 heterocycles. The molecular formula is C16H26O4. The molecule has 0 aliphatic rings. The minimum Gasteiger partial charge on any atom is -0.459 e. The fourth-order valence-corrected chi connectivity index (χ4v) is 1.64. The maximum absolute atomic E-state index is 11.5. The van der Waals surface area contributed by atoms with Crippen LogP contribution in [0.15, 0.2) is 25.3 Å². The van der Waals surface area contributed by atoms with Crippen molar-refractivity contribution in [1.82, 2.24) is 0 Å². The van der Waals surface area contributed by atoms with E-state index in [4.69, 9.17) is 9.47 Å². The number of rotatable bonds is 9. The second-order valence-corrected chi connectivity index (χ2v) is 5.95. The van der Waals surface area contributed by atoms with Gasteiger partial charge in [-0.3, -0.25) is 9.59 Å². The summed E-state index contributed by atoms with van der Waals surface area (Å²) in [4.78, 5) is 22.9. The molecular weight excluding hydrogens is 256 g/mol. The topological polar surface area (TPSA) is 52.6 Å². The average Bonchev–Trinajstić information content (AvgIpc) is 2.26. The summed E-state index contributed by atoms with van der Waals surface area (Å²) in [6.45, 7) is 14.4. The number of esters is 2. The molecule has 0 rings (SSSR count). The van der Waals surface area contributed by atoms with Crippen LogP contribution in [0.25, 0.3) is 0 Å². The van der Waals surface area contributed by atoms with Gasteiger partial charge in [-0.25, -0.2) is 0 Å². The highest BCUT2D eigenvalue weighted by molar-refractivity contribution is 5.71. The molecule has 0 radical (unpaired) electrons. The quantitative estimate of drug-likeness (QED) is 0.479. The SMILES string of the molecule is C=CCC(=O)OC(C)(C)CCC(C)(C)OC(=O)CC=C. The Morgan fingerprint density at radius 1 is 0.850 bits per heavy atom. The van der Waals surface area contributed by atoms with E-state index >= 15 is 0 Å². The molecule has 4 heteroatoms. The highest BCUT2D eigenvalue weighted by Gasteiger charge is 2.29. The molecule has 0 aromatic carbocycles. The van der Waals surface area contributed by atoms with Crippen molar-refractivity contribution < 1.29 is 19.1 Å². The molecule has 0 unspecified atom stereocenters. The fourth-order valence-electron chi connectivity index (χ4n) is 1.64. The summed E-state index contributed by atoms with van der Waals surface area (Å²) >= 11 is 0. The van der Waals surface area contributed by atoms with E-state index in [9.17, 15) is 9.59 Å². The lowest BCUT2D eigenvalue weighted by atomic mass is 9.93. The first kappa shape index (κ1) is 18.4. The van der Waals surface area contributed by atoms with Crippen molar-refractivity contribution in [2.75, 3.05) is 0 Å². The molecule has 0 aromatic rings. The Labute approximate surface area is 121 Å². The van der Waals surface area contributed by atoms with Crippen molar-refractivity contribution in [2.24, 2.45) is 0 Å². The van der Waals surface area contributed by atoms with Crippen LogP contribution in [0.2, 0.25) is 0 Å². The molecule has 0 spiro atoms. The van der Waals surface area contributed by atoms with Crippen LogP contribution >= 0.6 is 0 Å². The Kier molecular flexibility index (Phi) is 7.25. The first-order valence-corrected chi connectivity index (χ1v) is 6.77. The maximum atomic E-state index is 11.5. The Balaban J connectivity index is 4.35. The van der Waals surface area contributed by atoms with Crippen molar-refractivity contribution in [2.45, 2.75) is 64.6 Å². The molecule has 0 amide bonds. The lowest BCUT2D eigenvalue weighted by molar-refractivity contribution is -0.163. The molecule has 0 saturated carbocycles. The summed E-state index contributed by atoms with van der Waals surface area (Å²) in [5.41, 5.74) is -1.19. The van der Waals surface area contributed by atoms with Crippen molar-refractivity contribution in [3.8, 4) is 0 Å². The molecule has 0 aliphatic heterocycles. The van der Waals surface area contributed by atoms with Crippen LogP contribution in [0.5, 0.6) is 0 Å². The predicted octanol–water partition coefficient (Wildman–Crippen LogP) is 3.56. The highest BCUT2D eigenvalue weighted by Crippen LogP contribution is 2.25. The minimum atomic E-state index is -0.595. The van der Waals surface area contributed by atoms with Gasteiger partial charge in [0.1, 0.15) is 11.2 Å². The Morgan fingerprint density at radius 2 is 1.15 bits per heavy atom. The standard InChI is InChI=1S/C16H26O4/c1-7-9-13(17)19-15(3,4)11-12-16(5,6)20-14(18)10-8-2/h7-8H,1-2,9-12H2,3-6H3. The van der Waals surface area contributed by atoms with Crippen molar-refractivity contribution in [3.05, 3.63) is 25.3 Å². The Morgan fingerprint density at radius 3 is 1.40 bits per heavy atom. The zero-order chi connectivity index (χ0) is 15.8. The van der Waals surface area contributed by atoms with Gasteiger partial charge >= 0.3 is 11.9 Å². The van der Waals surface area contributed by atoms with Crippen LogP contribution < -0.4 is 0 Å². The number of hydrogen-bond donors (Lipinski definition) is 0. The van der Waals surface area contributed by atoms with Crippen LogP contribution in [-0.4, -0.2) is 23.1 Å². The van der Waals surface area contributed by atoms with Gasteiger partial charge in [0.15, 0.2) is 0 Å². The predicted molar refractivity (Wildman–Crippen MR) is 79.2 cm³/mol. The van der Waals surface area contributed by atoms with Gasteiger partial charge < -0.3 is 9.47 Å². The van der Waals surface area contributed by atoms with Gasteiger partial charge in [-0.2, -0.15) is 0 Å². The lowest BCUT2D eigenvalue weighted by Gasteiger charge is -2.31. The van der Waals surface area contributed by atoms with E-state index in [1.54, 1.807) is 0 Å². The van der Waals surface area contributed by atoms with E-state index in [0.717, 1.165) is 0 Å². The zero-order valence-corrected chi connectivity index (χ0v) is 13.0. The molecule has 4 nitrogen and oxygen atoms in total. The van der Waals surface area contributed by atoms with Gasteiger partial charge in [0, 0.05) is 0 Å². The number of ether oxygens (including phenoxy) is 2. The van der Waals surface area contributed by atoms with E-state index in [2.05, 4.69) is 13.2 Å². The first-order chi connectivity index (χ1) is 9.12. The third-order valence-corrected chi connectivity index (χ3v) is 2.73. The summed E-state index contributed by atoms with van der Waals surface area (Å²) in [7, 11) is 0. The zero-order valence-electron chi connectivity index (χ0n) is 13.0. The van der Waals surface area contributed by atoms with Gasteiger partial charge in [0.05, 0.1) is 12.8 Å². The average molecular weight is 282 g/mol. The van der Waals surface area contributed by atoms with Crippen LogP contribution in [0.3, 0.4) is 0 Å². The van der Waals surface area contributed by atoms with Crippen LogP contribution in [-0.2, 0) is 19.1 Å². The summed E-state index contributed by atoms with van der Waals surface area (Å²) in [6.07, 6.45) is 4.62. The maximum Gasteiger partial charge on any atom is 0.310 e. The summed E-state index contributed by atoms with van der Waals surface area (Å²) < 4.78 is 10.7. The molecule has 0 fully saturated rings. The van der Waals surface area contributed by atoms with E-state index in [-0.39, 0.29) is 24.8 Å². The van der Waals surface area contributed by atoms with Crippen LogP contribution in [0.1, 0.15) is 53.4 Å². The third kappa shape index (κ3) is 8.51. The summed E-state index contributed by atoms with van der Waals surface area (Å²) in [6, 6.07) is 0. The first-order valence-electron chi connectivity index (χ1n) is 6.77. The molecule has 0 aliphatic carbocycles. The van der Waals surface area contributed by atoms with E-state index in [1.165, 1.54) is 12.2 Å². The van der Waals surface area contributed by atoms with Crippen molar-refractivity contribution >= 4 is 11.9 Å². The van der Waals surface area contributed by atoms with Crippen molar-refractivity contribution in [3.63, 3.8) is 0 Å². The second-order valence-electron chi connectivity index (χ2n) is 5.95. The normalized spacial score (nSPS) is 11.6. The lowest BCUT2D eigenvalue weighted by Crippen LogP contribution is -2.34. The monoisotopic (exact) mass is 282 g/mol. The molecule has 0 bridgehead atoms. The molecule has 114 valence electrons. The van der Waals surface area contributed by atoms with Crippen LogP contribution in [0, 0.1) is 0 Å². The van der Waals surface area contributed by atoms with Gasteiger partial charge in [0.2, 0.25) is 0 Å². The summed E-state index contributed by atoms with van der Waals surface area (Å²) in [5.74, 6) is -0.599. The Bertz CT molecular complexity index is 331. The van der Waals surface area contributed by atoms with Crippen molar-refractivity contribution in [1.29, 1.82) is 0 Å².